The van der Waals surface area contributed by atoms with Gasteiger partial charge in [0, 0.05) is 36.0 Å². The van der Waals surface area contributed by atoms with Crippen molar-refractivity contribution in [3.63, 3.8) is 0 Å². The molecule has 5 rings (SSSR count). The van der Waals surface area contributed by atoms with Crippen LogP contribution in [0.15, 0.2) is 109 Å². The Morgan fingerprint density at radius 1 is 0.923 bits per heavy atom. The van der Waals surface area contributed by atoms with Crippen LogP contribution in [0.25, 0.3) is 0 Å². The fraction of sp³-hybridized carbons (Fsp3) is 0.242. The van der Waals surface area contributed by atoms with E-state index in [0.717, 1.165) is 54.0 Å². The smallest absolute Gasteiger partial charge is 0.388 e. The molecule has 6 heteroatoms. The van der Waals surface area contributed by atoms with Gasteiger partial charge in [0.15, 0.2) is 0 Å². The van der Waals surface area contributed by atoms with E-state index in [1.807, 2.05) is 60.7 Å². The number of aromatic nitrogens is 1. The van der Waals surface area contributed by atoms with E-state index in [1.165, 1.54) is 0 Å². The summed E-state index contributed by atoms with van der Waals surface area (Å²) in [7, 11) is 0. The first kappa shape index (κ1) is 26.5. The standard InChI is InChI=1S/C33H31F3N2O/c1-23(29-19-21-38-30(29)16-17-31(38)32(39)26-10-6-3-7-11-26)37-20-18-27(25-8-4-2-5-9-25)22-24-12-14-28(15-13-24)33(34,35)36/h2-17,27,29,37H,1,18-22H2/t27-,29?/m0/s1. The predicted molar refractivity (Wildman–Crippen MR) is 148 cm³/mol. The minimum atomic E-state index is -4.34. The number of nitrogens with zero attached hydrogens (tertiary/aromatic N) is 1. The van der Waals surface area contributed by atoms with Gasteiger partial charge in [-0.3, -0.25) is 4.79 Å². The molecule has 2 heterocycles. The summed E-state index contributed by atoms with van der Waals surface area (Å²) in [6, 6.07) is 28.8. The van der Waals surface area contributed by atoms with Gasteiger partial charge in [-0.25, -0.2) is 0 Å². The predicted octanol–water partition coefficient (Wildman–Crippen LogP) is 7.75. The van der Waals surface area contributed by atoms with Crippen LogP contribution in [0.4, 0.5) is 13.2 Å². The zero-order valence-corrected chi connectivity index (χ0v) is 21.6. The van der Waals surface area contributed by atoms with Crippen LogP contribution in [0.2, 0.25) is 0 Å². The minimum Gasteiger partial charge on any atom is -0.388 e. The number of ketones is 1. The third-order valence-corrected chi connectivity index (χ3v) is 7.58. The van der Waals surface area contributed by atoms with Crippen molar-refractivity contribution in [2.24, 2.45) is 0 Å². The van der Waals surface area contributed by atoms with Crippen LogP contribution in [-0.2, 0) is 19.1 Å². The van der Waals surface area contributed by atoms with Crippen LogP contribution in [0, 0.1) is 0 Å². The fourth-order valence-corrected chi connectivity index (χ4v) is 5.49. The summed E-state index contributed by atoms with van der Waals surface area (Å²) < 4.78 is 41.1. The van der Waals surface area contributed by atoms with Gasteiger partial charge >= 0.3 is 6.18 Å². The molecule has 0 bridgehead atoms. The Bertz CT molecular complexity index is 1420. The molecule has 1 N–H and O–H groups in total. The Morgan fingerprint density at radius 3 is 2.26 bits per heavy atom. The van der Waals surface area contributed by atoms with Crippen LogP contribution in [0.5, 0.6) is 0 Å². The number of carbonyl (C=O) groups excluding carboxylic acids is 1. The van der Waals surface area contributed by atoms with Crippen LogP contribution in [0.3, 0.4) is 0 Å². The molecule has 2 atom stereocenters. The molecule has 0 fully saturated rings. The third-order valence-electron chi connectivity index (χ3n) is 7.58. The summed E-state index contributed by atoms with van der Waals surface area (Å²) >= 11 is 0. The molecule has 3 aromatic carbocycles. The molecule has 0 amide bonds. The van der Waals surface area contributed by atoms with Gasteiger partial charge in [0.05, 0.1) is 11.3 Å². The third kappa shape index (κ3) is 6.00. The number of hydrogen-bond acceptors (Lipinski definition) is 2. The summed E-state index contributed by atoms with van der Waals surface area (Å²) in [5.74, 6) is 0.285. The molecule has 4 aromatic rings. The molecule has 0 saturated heterocycles. The molecular formula is C33H31F3N2O. The highest BCUT2D eigenvalue weighted by molar-refractivity contribution is 6.08. The largest absolute Gasteiger partial charge is 0.416 e. The molecule has 0 spiro atoms. The zero-order chi connectivity index (χ0) is 27.4. The second kappa shape index (κ2) is 11.4. The first-order valence-corrected chi connectivity index (χ1v) is 13.2. The average molecular weight is 529 g/mol. The molecule has 1 unspecified atom stereocenters. The number of rotatable bonds is 10. The lowest BCUT2D eigenvalue weighted by Gasteiger charge is -2.21. The molecule has 0 radical (unpaired) electrons. The van der Waals surface area contributed by atoms with Crippen molar-refractivity contribution >= 4 is 5.78 Å². The monoisotopic (exact) mass is 528 g/mol. The Hall–Kier alpha value is -4.06. The van der Waals surface area contributed by atoms with E-state index >= 15 is 0 Å². The topological polar surface area (TPSA) is 34.0 Å². The van der Waals surface area contributed by atoms with E-state index in [1.54, 1.807) is 12.1 Å². The molecule has 1 aliphatic rings. The lowest BCUT2D eigenvalue weighted by molar-refractivity contribution is -0.137. The average Bonchev–Trinajstić information content (AvgIpc) is 3.55. The van der Waals surface area contributed by atoms with E-state index in [9.17, 15) is 18.0 Å². The maximum Gasteiger partial charge on any atom is 0.416 e. The number of benzene rings is 3. The molecule has 1 aromatic heterocycles. The second-order valence-corrected chi connectivity index (χ2v) is 10.1. The Labute approximate surface area is 227 Å². The van der Waals surface area contributed by atoms with Crippen LogP contribution in [0.1, 0.15) is 63.1 Å². The summed E-state index contributed by atoms with van der Waals surface area (Å²) in [6.07, 6.45) is -2.01. The molecular weight excluding hydrogens is 497 g/mol. The van der Waals surface area contributed by atoms with Gasteiger partial charge < -0.3 is 9.88 Å². The van der Waals surface area contributed by atoms with Gasteiger partial charge in [-0.05, 0) is 60.6 Å². The maximum atomic E-state index is 13.0. The highest BCUT2D eigenvalue weighted by Gasteiger charge is 2.30. The summed E-state index contributed by atoms with van der Waals surface area (Å²) in [6.45, 7) is 5.77. The fourth-order valence-electron chi connectivity index (χ4n) is 5.49. The molecule has 200 valence electrons. The summed E-state index contributed by atoms with van der Waals surface area (Å²) in [5.41, 5.74) is 4.80. The molecule has 0 saturated carbocycles. The Kier molecular flexibility index (Phi) is 7.73. The molecule has 3 nitrogen and oxygen atoms in total. The van der Waals surface area contributed by atoms with Crippen molar-refractivity contribution < 1.29 is 18.0 Å². The highest BCUT2D eigenvalue weighted by Crippen LogP contribution is 2.35. The molecule has 39 heavy (non-hydrogen) atoms. The van der Waals surface area contributed by atoms with Crippen molar-refractivity contribution in [3.8, 4) is 0 Å². The van der Waals surface area contributed by atoms with Crippen molar-refractivity contribution in [2.45, 2.75) is 43.8 Å². The quantitative estimate of drug-likeness (QED) is 0.214. The van der Waals surface area contributed by atoms with Gasteiger partial charge in [0.2, 0.25) is 5.78 Å². The number of nitrogens with one attached hydrogen (secondary N) is 1. The Balaban J connectivity index is 1.23. The number of carbonyl (C=O) groups is 1. The van der Waals surface area contributed by atoms with Crippen LogP contribution >= 0.6 is 0 Å². The number of hydrogen-bond donors (Lipinski definition) is 1. The zero-order valence-electron chi connectivity index (χ0n) is 21.6. The van der Waals surface area contributed by atoms with E-state index < -0.39 is 11.7 Å². The number of allylic oxidation sites excluding steroid dienone is 1. The minimum absolute atomic E-state index is 0.0232. The van der Waals surface area contributed by atoms with Gasteiger partial charge in [0.1, 0.15) is 0 Å². The summed E-state index contributed by atoms with van der Waals surface area (Å²) in [5, 5.41) is 3.51. The van der Waals surface area contributed by atoms with E-state index in [0.29, 0.717) is 24.2 Å². The first-order chi connectivity index (χ1) is 18.8. The normalized spacial score (nSPS) is 15.5. The lowest BCUT2D eigenvalue weighted by Crippen LogP contribution is -2.21. The number of fused-ring (bicyclic) bond motifs is 1. The van der Waals surface area contributed by atoms with Crippen LogP contribution in [-0.4, -0.2) is 16.9 Å². The van der Waals surface area contributed by atoms with E-state index in [4.69, 9.17) is 0 Å². The molecule has 1 aliphatic heterocycles. The first-order valence-electron chi connectivity index (χ1n) is 13.2. The van der Waals surface area contributed by atoms with Gasteiger partial charge in [-0.15, -0.1) is 0 Å². The maximum absolute atomic E-state index is 13.0. The molecule has 0 aliphatic carbocycles. The Morgan fingerprint density at radius 2 is 1.59 bits per heavy atom. The van der Waals surface area contributed by atoms with Crippen molar-refractivity contribution in [1.29, 1.82) is 0 Å². The SMILES string of the molecule is C=C(NCC[C@@H](Cc1ccc(C(F)(F)F)cc1)c1ccccc1)C1CCn2c(C(=O)c3ccccc3)ccc21. The van der Waals surface area contributed by atoms with Gasteiger partial charge in [0.25, 0.3) is 0 Å². The summed E-state index contributed by atoms with van der Waals surface area (Å²) in [4.78, 5) is 13.0. The number of alkyl halides is 3. The van der Waals surface area contributed by atoms with Crippen LogP contribution < -0.4 is 5.32 Å². The van der Waals surface area contributed by atoms with Gasteiger partial charge in [-0.1, -0.05) is 79.4 Å². The second-order valence-electron chi connectivity index (χ2n) is 10.1. The highest BCUT2D eigenvalue weighted by atomic mass is 19.4. The lowest BCUT2D eigenvalue weighted by atomic mass is 9.89. The van der Waals surface area contributed by atoms with E-state index in [-0.39, 0.29) is 17.6 Å². The van der Waals surface area contributed by atoms with Crippen molar-refractivity contribution in [1.82, 2.24) is 9.88 Å². The van der Waals surface area contributed by atoms with E-state index in [2.05, 4.69) is 28.6 Å². The van der Waals surface area contributed by atoms with Crippen molar-refractivity contribution in [2.75, 3.05) is 6.54 Å². The number of halogens is 3. The van der Waals surface area contributed by atoms with Gasteiger partial charge in [-0.2, -0.15) is 13.2 Å². The van der Waals surface area contributed by atoms with Crippen molar-refractivity contribution in [3.05, 3.63) is 143 Å².